The molecule has 0 atom stereocenters. The summed E-state index contributed by atoms with van der Waals surface area (Å²) in [5.74, 6) is 1.23. The molecular formula is C18H19NO. The first-order chi connectivity index (χ1) is 9.54. The van der Waals surface area contributed by atoms with Gasteiger partial charge in [-0.05, 0) is 60.7 Å². The fourth-order valence-corrected chi connectivity index (χ4v) is 2.31. The molecule has 0 amide bonds. The van der Waals surface area contributed by atoms with Gasteiger partial charge in [0.15, 0.2) is 5.58 Å². The number of nitrogens with zero attached hydrogens (tertiary/aromatic N) is 1. The van der Waals surface area contributed by atoms with Crippen LogP contribution in [-0.4, -0.2) is 4.98 Å². The zero-order valence-corrected chi connectivity index (χ0v) is 12.4. The van der Waals surface area contributed by atoms with Gasteiger partial charge in [0, 0.05) is 5.56 Å². The Bertz CT molecular complexity index is 712. The maximum Gasteiger partial charge on any atom is 0.227 e. The van der Waals surface area contributed by atoms with Crippen molar-refractivity contribution in [3.63, 3.8) is 0 Å². The fourth-order valence-electron chi connectivity index (χ4n) is 2.31. The molecule has 2 aromatic carbocycles. The van der Waals surface area contributed by atoms with Crippen molar-refractivity contribution in [1.82, 2.24) is 4.98 Å². The summed E-state index contributed by atoms with van der Waals surface area (Å²) in [6.45, 7) is 8.58. The SMILES string of the molecule is Cc1cc2nc(-c3ccc(C(C)C)cc3)oc2cc1C. The molecule has 0 aliphatic heterocycles. The van der Waals surface area contributed by atoms with Crippen LogP contribution in [0.5, 0.6) is 0 Å². The normalized spacial score (nSPS) is 11.4. The molecule has 0 radical (unpaired) electrons. The Kier molecular flexibility index (Phi) is 3.09. The van der Waals surface area contributed by atoms with Crippen molar-refractivity contribution >= 4 is 11.1 Å². The van der Waals surface area contributed by atoms with Crippen molar-refractivity contribution in [1.29, 1.82) is 0 Å². The highest BCUT2D eigenvalue weighted by Crippen LogP contribution is 2.27. The predicted octanol–water partition coefficient (Wildman–Crippen LogP) is 5.24. The minimum Gasteiger partial charge on any atom is -0.436 e. The number of hydrogen-bond acceptors (Lipinski definition) is 2. The van der Waals surface area contributed by atoms with Gasteiger partial charge in [0.25, 0.3) is 0 Å². The van der Waals surface area contributed by atoms with E-state index in [1.54, 1.807) is 0 Å². The molecule has 2 heteroatoms. The molecule has 0 aliphatic rings. The van der Waals surface area contributed by atoms with Gasteiger partial charge < -0.3 is 4.42 Å². The monoisotopic (exact) mass is 265 g/mol. The number of aryl methyl sites for hydroxylation is 2. The summed E-state index contributed by atoms with van der Waals surface area (Å²) in [5.41, 5.74) is 6.62. The van der Waals surface area contributed by atoms with Gasteiger partial charge in [0.1, 0.15) is 5.52 Å². The van der Waals surface area contributed by atoms with E-state index >= 15 is 0 Å². The zero-order valence-electron chi connectivity index (χ0n) is 12.4. The number of fused-ring (bicyclic) bond motifs is 1. The Morgan fingerprint density at radius 1 is 0.950 bits per heavy atom. The van der Waals surface area contributed by atoms with E-state index in [1.807, 2.05) is 0 Å². The van der Waals surface area contributed by atoms with Crippen LogP contribution < -0.4 is 0 Å². The molecule has 0 saturated carbocycles. The lowest BCUT2D eigenvalue weighted by Crippen LogP contribution is -1.86. The maximum absolute atomic E-state index is 5.88. The highest BCUT2D eigenvalue weighted by Gasteiger charge is 2.10. The summed E-state index contributed by atoms with van der Waals surface area (Å²) < 4.78 is 5.88. The van der Waals surface area contributed by atoms with E-state index in [9.17, 15) is 0 Å². The molecule has 0 N–H and O–H groups in total. The van der Waals surface area contributed by atoms with Crippen LogP contribution >= 0.6 is 0 Å². The molecule has 0 saturated heterocycles. The molecule has 0 spiro atoms. The third-order valence-electron chi connectivity index (χ3n) is 3.83. The molecule has 102 valence electrons. The molecule has 2 nitrogen and oxygen atoms in total. The molecule has 1 aromatic heterocycles. The fraction of sp³-hybridized carbons (Fsp3) is 0.278. The second-order valence-corrected chi connectivity index (χ2v) is 5.70. The van der Waals surface area contributed by atoms with Crippen LogP contribution in [0.2, 0.25) is 0 Å². The van der Waals surface area contributed by atoms with E-state index in [2.05, 4.69) is 69.1 Å². The summed E-state index contributed by atoms with van der Waals surface area (Å²) in [6.07, 6.45) is 0. The van der Waals surface area contributed by atoms with Gasteiger partial charge in [-0.15, -0.1) is 0 Å². The van der Waals surface area contributed by atoms with E-state index in [-0.39, 0.29) is 0 Å². The van der Waals surface area contributed by atoms with Crippen LogP contribution in [0, 0.1) is 13.8 Å². The van der Waals surface area contributed by atoms with Crippen LogP contribution in [0.15, 0.2) is 40.8 Å². The van der Waals surface area contributed by atoms with E-state index in [4.69, 9.17) is 4.42 Å². The number of rotatable bonds is 2. The first-order valence-corrected chi connectivity index (χ1v) is 7.02. The Morgan fingerprint density at radius 3 is 2.25 bits per heavy atom. The summed E-state index contributed by atoms with van der Waals surface area (Å²) in [7, 11) is 0. The number of benzene rings is 2. The summed E-state index contributed by atoms with van der Waals surface area (Å²) in [5, 5.41) is 0. The molecule has 0 bridgehead atoms. The minimum atomic E-state index is 0.540. The van der Waals surface area contributed by atoms with Crippen LogP contribution in [0.3, 0.4) is 0 Å². The zero-order chi connectivity index (χ0) is 14.3. The van der Waals surface area contributed by atoms with Crippen LogP contribution in [0.25, 0.3) is 22.6 Å². The third kappa shape index (κ3) is 2.22. The molecule has 0 fully saturated rings. The smallest absolute Gasteiger partial charge is 0.227 e. The van der Waals surface area contributed by atoms with Crippen molar-refractivity contribution in [2.45, 2.75) is 33.6 Å². The standard InChI is InChI=1S/C18H19NO/c1-11(2)14-5-7-15(8-6-14)18-19-16-9-12(3)13(4)10-17(16)20-18/h5-11H,1-4H3. The molecule has 3 aromatic rings. The topological polar surface area (TPSA) is 26.0 Å². The third-order valence-corrected chi connectivity index (χ3v) is 3.83. The quantitative estimate of drug-likeness (QED) is 0.633. The van der Waals surface area contributed by atoms with E-state index in [1.165, 1.54) is 16.7 Å². The first-order valence-electron chi connectivity index (χ1n) is 7.02. The molecule has 1 heterocycles. The van der Waals surface area contributed by atoms with Gasteiger partial charge in [-0.2, -0.15) is 0 Å². The lowest BCUT2D eigenvalue weighted by atomic mass is 10.0. The first kappa shape index (κ1) is 12.9. The van der Waals surface area contributed by atoms with Gasteiger partial charge in [-0.1, -0.05) is 26.0 Å². The maximum atomic E-state index is 5.88. The van der Waals surface area contributed by atoms with Gasteiger partial charge in [0.2, 0.25) is 5.89 Å². The van der Waals surface area contributed by atoms with Crippen LogP contribution in [0.1, 0.15) is 36.5 Å². The van der Waals surface area contributed by atoms with Gasteiger partial charge in [0.05, 0.1) is 0 Å². The Hall–Kier alpha value is -2.09. The average Bonchev–Trinajstić information content (AvgIpc) is 2.82. The number of oxazole rings is 1. The highest BCUT2D eigenvalue weighted by molar-refractivity contribution is 5.78. The lowest BCUT2D eigenvalue weighted by Gasteiger charge is -2.04. The summed E-state index contributed by atoms with van der Waals surface area (Å²) in [4.78, 5) is 4.59. The van der Waals surface area contributed by atoms with Gasteiger partial charge in [-0.3, -0.25) is 0 Å². The Morgan fingerprint density at radius 2 is 1.60 bits per heavy atom. The second-order valence-electron chi connectivity index (χ2n) is 5.70. The van der Waals surface area contributed by atoms with E-state index in [0.29, 0.717) is 11.8 Å². The summed E-state index contributed by atoms with van der Waals surface area (Å²) in [6, 6.07) is 12.6. The minimum absolute atomic E-state index is 0.540. The van der Waals surface area contributed by atoms with Crippen molar-refractivity contribution < 1.29 is 4.42 Å². The van der Waals surface area contributed by atoms with Crippen molar-refractivity contribution in [3.05, 3.63) is 53.1 Å². The Labute approximate surface area is 119 Å². The number of aromatic nitrogens is 1. The van der Waals surface area contributed by atoms with Crippen LogP contribution in [0.4, 0.5) is 0 Å². The molecule has 20 heavy (non-hydrogen) atoms. The van der Waals surface area contributed by atoms with Crippen molar-refractivity contribution in [3.8, 4) is 11.5 Å². The van der Waals surface area contributed by atoms with Crippen LogP contribution in [-0.2, 0) is 0 Å². The van der Waals surface area contributed by atoms with E-state index < -0.39 is 0 Å². The molecule has 3 rings (SSSR count). The van der Waals surface area contributed by atoms with Gasteiger partial charge >= 0.3 is 0 Å². The lowest BCUT2D eigenvalue weighted by molar-refractivity contribution is 0.619. The summed E-state index contributed by atoms with van der Waals surface area (Å²) >= 11 is 0. The van der Waals surface area contributed by atoms with Gasteiger partial charge in [-0.25, -0.2) is 4.98 Å². The van der Waals surface area contributed by atoms with E-state index in [0.717, 1.165) is 16.7 Å². The molecule has 0 unspecified atom stereocenters. The highest BCUT2D eigenvalue weighted by atomic mass is 16.3. The average molecular weight is 265 g/mol. The number of hydrogen-bond donors (Lipinski definition) is 0. The largest absolute Gasteiger partial charge is 0.436 e. The predicted molar refractivity (Wildman–Crippen MR) is 83.0 cm³/mol. The second kappa shape index (κ2) is 4.78. The molecular weight excluding hydrogens is 246 g/mol. The Balaban J connectivity index is 2.05. The van der Waals surface area contributed by atoms with Crippen molar-refractivity contribution in [2.24, 2.45) is 0 Å². The molecule has 0 aliphatic carbocycles. The van der Waals surface area contributed by atoms with Crippen molar-refractivity contribution in [2.75, 3.05) is 0 Å².